The Labute approximate surface area is 182 Å². The highest BCUT2D eigenvalue weighted by Gasteiger charge is 2.31. The molecule has 2 heterocycles. The zero-order chi connectivity index (χ0) is 22.6. The largest absolute Gasteiger partial charge is 0.417 e. The van der Waals surface area contributed by atoms with Crippen LogP contribution in [0.2, 0.25) is 0 Å². The van der Waals surface area contributed by atoms with Crippen LogP contribution in [-0.2, 0) is 22.8 Å². The Bertz CT molecular complexity index is 871. The molecular formula is C24H30F3N3O. The summed E-state index contributed by atoms with van der Waals surface area (Å²) in [6.45, 7) is 8.95. The van der Waals surface area contributed by atoms with Crippen LogP contribution in [0.4, 0.5) is 19.0 Å². The van der Waals surface area contributed by atoms with E-state index in [9.17, 15) is 18.0 Å². The highest BCUT2D eigenvalue weighted by atomic mass is 19.4. The second kappa shape index (κ2) is 9.28. The standard InChI is InChI=1S/C24H30F3N3O/c1-23(2,3)19-8-5-18(6-9-19)7-12-22(31)30-14-4-13-29(15-16-30)21-11-10-20(17-28-21)24(25,26)27/h5-6,8-11,17H,4,7,12-16H2,1-3H3. The van der Waals surface area contributed by atoms with E-state index in [-0.39, 0.29) is 11.3 Å². The van der Waals surface area contributed by atoms with Gasteiger partial charge in [-0.15, -0.1) is 0 Å². The van der Waals surface area contributed by atoms with Gasteiger partial charge in [-0.25, -0.2) is 4.98 Å². The number of alkyl halides is 3. The van der Waals surface area contributed by atoms with Gasteiger partial charge in [-0.2, -0.15) is 13.2 Å². The molecule has 0 atom stereocenters. The minimum Gasteiger partial charge on any atom is -0.355 e. The Kier molecular flexibility index (Phi) is 6.92. The number of nitrogens with zero attached hydrogens (tertiary/aromatic N) is 3. The maximum absolute atomic E-state index is 12.7. The van der Waals surface area contributed by atoms with E-state index in [2.05, 4.69) is 50.0 Å². The zero-order valence-corrected chi connectivity index (χ0v) is 18.4. The van der Waals surface area contributed by atoms with Crippen molar-refractivity contribution < 1.29 is 18.0 Å². The minimum atomic E-state index is -4.39. The molecule has 0 N–H and O–H groups in total. The Morgan fingerprint density at radius 1 is 0.935 bits per heavy atom. The van der Waals surface area contributed by atoms with Crippen molar-refractivity contribution >= 4 is 11.7 Å². The van der Waals surface area contributed by atoms with Crippen molar-refractivity contribution in [2.75, 3.05) is 31.1 Å². The first kappa shape index (κ1) is 23.1. The first-order valence-electron chi connectivity index (χ1n) is 10.7. The van der Waals surface area contributed by atoms with Gasteiger partial charge in [0.05, 0.1) is 5.56 Å². The van der Waals surface area contributed by atoms with E-state index in [0.717, 1.165) is 24.2 Å². The lowest BCUT2D eigenvalue weighted by Gasteiger charge is -2.23. The Hall–Kier alpha value is -2.57. The molecule has 3 rings (SSSR count). The van der Waals surface area contributed by atoms with Gasteiger partial charge in [0.2, 0.25) is 5.91 Å². The molecule has 1 amide bonds. The van der Waals surface area contributed by atoms with Crippen molar-refractivity contribution in [3.8, 4) is 0 Å². The lowest BCUT2D eigenvalue weighted by molar-refractivity contribution is -0.137. The molecule has 0 unspecified atom stereocenters. The number of hydrogen-bond acceptors (Lipinski definition) is 3. The van der Waals surface area contributed by atoms with Gasteiger partial charge in [0, 0.05) is 38.8 Å². The fourth-order valence-electron chi connectivity index (χ4n) is 3.72. The second-order valence-electron chi connectivity index (χ2n) is 9.07. The predicted molar refractivity (Wildman–Crippen MR) is 116 cm³/mol. The predicted octanol–water partition coefficient (Wildman–Crippen LogP) is 5.07. The zero-order valence-electron chi connectivity index (χ0n) is 18.4. The molecule has 1 aliphatic rings. The fraction of sp³-hybridized carbons (Fsp3) is 0.500. The maximum Gasteiger partial charge on any atom is 0.417 e. The number of amides is 1. The van der Waals surface area contributed by atoms with E-state index in [4.69, 9.17) is 0 Å². The lowest BCUT2D eigenvalue weighted by atomic mass is 9.86. The summed E-state index contributed by atoms with van der Waals surface area (Å²) in [7, 11) is 0. The third kappa shape index (κ3) is 6.21. The number of carbonyl (C=O) groups is 1. The van der Waals surface area contributed by atoms with Crippen LogP contribution in [0.5, 0.6) is 0 Å². The van der Waals surface area contributed by atoms with Crippen LogP contribution in [0.3, 0.4) is 0 Å². The summed E-state index contributed by atoms with van der Waals surface area (Å²) in [6.07, 6.45) is -1.61. The summed E-state index contributed by atoms with van der Waals surface area (Å²) in [4.78, 5) is 20.5. The van der Waals surface area contributed by atoms with Crippen LogP contribution in [0.15, 0.2) is 42.6 Å². The smallest absolute Gasteiger partial charge is 0.355 e. The normalized spacial score (nSPS) is 15.7. The minimum absolute atomic E-state index is 0.105. The van der Waals surface area contributed by atoms with Gasteiger partial charge in [0.15, 0.2) is 0 Å². The Morgan fingerprint density at radius 2 is 1.61 bits per heavy atom. The van der Waals surface area contributed by atoms with Gasteiger partial charge >= 0.3 is 6.18 Å². The summed E-state index contributed by atoms with van der Waals surface area (Å²) in [6, 6.07) is 10.9. The number of rotatable bonds is 4. The van der Waals surface area contributed by atoms with Gasteiger partial charge in [0.1, 0.15) is 5.82 Å². The monoisotopic (exact) mass is 433 g/mol. The van der Waals surface area contributed by atoms with Gasteiger partial charge < -0.3 is 9.80 Å². The van der Waals surface area contributed by atoms with Crippen molar-refractivity contribution in [1.29, 1.82) is 0 Å². The highest BCUT2D eigenvalue weighted by molar-refractivity contribution is 5.76. The van der Waals surface area contributed by atoms with Crippen molar-refractivity contribution in [3.63, 3.8) is 0 Å². The van der Waals surface area contributed by atoms with E-state index in [0.29, 0.717) is 44.8 Å². The summed E-state index contributed by atoms with van der Waals surface area (Å²) in [5.41, 5.74) is 1.77. The van der Waals surface area contributed by atoms with Crippen LogP contribution < -0.4 is 4.90 Å². The molecule has 0 aliphatic carbocycles. The quantitative estimate of drug-likeness (QED) is 0.676. The van der Waals surface area contributed by atoms with Gasteiger partial charge in [-0.1, -0.05) is 45.0 Å². The van der Waals surface area contributed by atoms with Crippen molar-refractivity contribution in [2.24, 2.45) is 0 Å². The molecule has 0 radical (unpaired) electrons. The molecule has 1 fully saturated rings. The molecule has 2 aromatic rings. The average Bonchev–Trinajstić information content (AvgIpc) is 2.97. The van der Waals surface area contributed by atoms with Crippen LogP contribution in [0.1, 0.15) is 50.3 Å². The Balaban J connectivity index is 1.52. The maximum atomic E-state index is 12.7. The molecule has 0 spiro atoms. The number of aromatic nitrogens is 1. The van der Waals surface area contributed by atoms with E-state index in [1.54, 1.807) is 0 Å². The summed E-state index contributed by atoms with van der Waals surface area (Å²) >= 11 is 0. The number of carbonyl (C=O) groups excluding carboxylic acids is 1. The SMILES string of the molecule is CC(C)(C)c1ccc(CCC(=O)N2CCCN(c3ccc(C(F)(F)F)cn3)CC2)cc1. The molecule has 168 valence electrons. The molecule has 1 aliphatic heterocycles. The molecule has 7 heteroatoms. The second-order valence-corrected chi connectivity index (χ2v) is 9.07. The van der Waals surface area contributed by atoms with Crippen LogP contribution in [-0.4, -0.2) is 42.0 Å². The number of aryl methyl sites for hydroxylation is 1. The molecule has 1 aromatic carbocycles. The third-order valence-electron chi connectivity index (χ3n) is 5.70. The topological polar surface area (TPSA) is 36.4 Å². The lowest BCUT2D eigenvalue weighted by Crippen LogP contribution is -2.35. The number of halogens is 3. The van der Waals surface area contributed by atoms with Gasteiger partial charge in [-0.05, 0) is 41.5 Å². The van der Waals surface area contributed by atoms with Gasteiger partial charge in [-0.3, -0.25) is 4.79 Å². The van der Waals surface area contributed by atoms with Crippen LogP contribution in [0.25, 0.3) is 0 Å². The number of benzene rings is 1. The van der Waals surface area contributed by atoms with E-state index in [1.165, 1.54) is 11.6 Å². The molecule has 4 nitrogen and oxygen atoms in total. The first-order valence-corrected chi connectivity index (χ1v) is 10.7. The number of hydrogen-bond donors (Lipinski definition) is 0. The average molecular weight is 434 g/mol. The molecule has 1 saturated heterocycles. The molecule has 1 aromatic heterocycles. The highest BCUT2D eigenvalue weighted by Crippen LogP contribution is 2.29. The number of pyridine rings is 1. The first-order chi connectivity index (χ1) is 14.5. The fourth-order valence-corrected chi connectivity index (χ4v) is 3.72. The van der Waals surface area contributed by atoms with Crippen molar-refractivity contribution in [3.05, 3.63) is 59.3 Å². The molecule has 0 saturated carbocycles. The van der Waals surface area contributed by atoms with E-state index < -0.39 is 11.7 Å². The van der Waals surface area contributed by atoms with Crippen LogP contribution in [0, 0.1) is 0 Å². The number of anilines is 1. The Morgan fingerprint density at radius 3 is 2.19 bits per heavy atom. The van der Waals surface area contributed by atoms with Gasteiger partial charge in [0.25, 0.3) is 0 Å². The van der Waals surface area contributed by atoms with Crippen molar-refractivity contribution in [2.45, 2.75) is 51.6 Å². The molecule has 31 heavy (non-hydrogen) atoms. The summed E-state index contributed by atoms with van der Waals surface area (Å²) in [5, 5.41) is 0. The van der Waals surface area contributed by atoms with E-state index >= 15 is 0 Å². The summed E-state index contributed by atoms with van der Waals surface area (Å²) < 4.78 is 38.2. The molecular weight excluding hydrogens is 403 g/mol. The third-order valence-corrected chi connectivity index (χ3v) is 5.70. The summed E-state index contributed by atoms with van der Waals surface area (Å²) in [5.74, 6) is 0.628. The van der Waals surface area contributed by atoms with Crippen molar-refractivity contribution in [1.82, 2.24) is 9.88 Å². The van der Waals surface area contributed by atoms with E-state index in [1.807, 2.05) is 9.80 Å². The van der Waals surface area contributed by atoms with Crippen LogP contribution >= 0.6 is 0 Å². The molecule has 0 bridgehead atoms.